The number of benzene rings is 1. The van der Waals surface area contributed by atoms with E-state index >= 15 is 0 Å². The Bertz CT molecular complexity index is 983. The molecule has 3 heterocycles. The molecule has 3 aromatic rings. The minimum absolute atomic E-state index is 0.0510. The van der Waals surface area contributed by atoms with Gasteiger partial charge in [0, 0.05) is 36.7 Å². The average Bonchev–Trinajstić information content (AvgIpc) is 3.22. The van der Waals surface area contributed by atoms with Crippen molar-refractivity contribution in [2.75, 3.05) is 30.7 Å². The van der Waals surface area contributed by atoms with Gasteiger partial charge >= 0.3 is 0 Å². The maximum absolute atomic E-state index is 12.5. The number of hydrogen-bond donors (Lipinski definition) is 1. The van der Waals surface area contributed by atoms with Crippen molar-refractivity contribution in [3.8, 4) is 11.4 Å². The molecule has 2 aromatic heterocycles. The van der Waals surface area contributed by atoms with Crippen LogP contribution in [0.1, 0.15) is 24.8 Å². The van der Waals surface area contributed by atoms with Crippen LogP contribution >= 0.6 is 11.8 Å². The molecule has 0 saturated carbocycles. The van der Waals surface area contributed by atoms with Gasteiger partial charge in [-0.15, -0.1) is 10.2 Å². The van der Waals surface area contributed by atoms with Crippen LogP contribution in [0.25, 0.3) is 11.4 Å². The van der Waals surface area contributed by atoms with Gasteiger partial charge in [0.05, 0.1) is 5.75 Å². The number of thioether (sulfide) groups is 1. The standard InChI is InChI=1S/C23H28N6OS/c1-18-5-7-20(8-6-18)25-21(30)17-31-23-27-26-22(19-9-11-24-12-10-19)29(23)16-15-28-13-3-2-4-14-28/h5-12H,2-4,13-17H2,1H3,(H,25,30). The molecule has 1 aromatic carbocycles. The second-order valence-electron chi connectivity index (χ2n) is 7.80. The number of piperidine rings is 1. The molecule has 31 heavy (non-hydrogen) atoms. The lowest BCUT2D eigenvalue weighted by Gasteiger charge is -2.26. The van der Waals surface area contributed by atoms with E-state index in [0.29, 0.717) is 0 Å². The molecule has 1 aliphatic heterocycles. The highest BCUT2D eigenvalue weighted by atomic mass is 32.2. The number of amides is 1. The summed E-state index contributed by atoms with van der Waals surface area (Å²) in [7, 11) is 0. The second-order valence-corrected chi connectivity index (χ2v) is 8.74. The van der Waals surface area contributed by atoms with Gasteiger partial charge in [0.1, 0.15) is 0 Å². The minimum atomic E-state index is -0.0510. The predicted molar refractivity (Wildman–Crippen MR) is 124 cm³/mol. The first-order chi connectivity index (χ1) is 15.2. The summed E-state index contributed by atoms with van der Waals surface area (Å²) in [4.78, 5) is 19.1. The van der Waals surface area contributed by atoms with E-state index in [1.165, 1.54) is 31.0 Å². The third kappa shape index (κ3) is 5.92. The Morgan fingerprint density at radius 2 is 1.74 bits per heavy atom. The first kappa shape index (κ1) is 21.5. The molecule has 1 N–H and O–H groups in total. The molecule has 7 nitrogen and oxygen atoms in total. The summed E-state index contributed by atoms with van der Waals surface area (Å²) >= 11 is 1.42. The lowest BCUT2D eigenvalue weighted by Crippen LogP contribution is -2.32. The zero-order valence-electron chi connectivity index (χ0n) is 17.8. The topological polar surface area (TPSA) is 75.9 Å². The molecular weight excluding hydrogens is 408 g/mol. The summed E-state index contributed by atoms with van der Waals surface area (Å²) in [6, 6.07) is 11.7. The van der Waals surface area contributed by atoms with Crippen LogP contribution in [0.2, 0.25) is 0 Å². The number of nitrogens with zero attached hydrogens (tertiary/aromatic N) is 5. The summed E-state index contributed by atoms with van der Waals surface area (Å²) in [5.41, 5.74) is 2.95. The molecular formula is C23H28N6OS. The van der Waals surface area contributed by atoms with E-state index < -0.39 is 0 Å². The first-order valence-electron chi connectivity index (χ1n) is 10.7. The van der Waals surface area contributed by atoms with Crippen molar-refractivity contribution < 1.29 is 4.79 Å². The minimum Gasteiger partial charge on any atom is -0.325 e. The van der Waals surface area contributed by atoms with Gasteiger partial charge in [-0.2, -0.15) is 0 Å². The largest absolute Gasteiger partial charge is 0.325 e. The molecule has 4 rings (SSSR count). The van der Waals surface area contributed by atoms with Crippen molar-refractivity contribution in [1.29, 1.82) is 0 Å². The Kier molecular flexibility index (Phi) is 7.32. The van der Waals surface area contributed by atoms with Gasteiger partial charge < -0.3 is 14.8 Å². The van der Waals surface area contributed by atoms with Gasteiger partial charge in [0.2, 0.25) is 5.91 Å². The fraction of sp³-hybridized carbons (Fsp3) is 0.391. The van der Waals surface area contributed by atoms with Crippen LogP contribution in [0.15, 0.2) is 53.9 Å². The highest BCUT2D eigenvalue weighted by Crippen LogP contribution is 2.24. The van der Waals surface area contributed by atoms with Crippen LogP contribution in [-0.2, 0) is 11.3 Å². The number of anilines is 1. The van der Waals surface area contributed by atoms with Crippen LogP contribution in [0.4, 0.5) is 5.69 Å². The van der Waals surface area contributed by atoms with Crippen LogP contribution in [0.5, 0.6) is 0 Å². The number of aryl methyl sites for hydroxylation is 1. The van der Waals surface area contributed by atoms with E-state index in [4.69, 9.17) is 0 Å². The Morgan fingerprint density at radius 3 is 2.48 bits per heavy atom. The van der Waals surface area contributed by atoms with Crippen molar-refractivity contribution in [1.82, 2.24) is 24.6 Å². The van der Waals surface area contributed by atoms with Gasteiger partial charge in [0.25, 0.3) is 0 Å². The normalized spacial score (nSPS) is 14.5. The van der Waals surface area contributed by atoms with E-state index in [1.54, 1.807) is 12.4 Å². The molecule has 0 radical (unpaired) electrons. The van der Waals surface area contributed by atoms with Gasteiger partial charge in [-0.3, -0.25) is 9.78 Å². The molecule has 0 aliphatic carbocycles. The smallest absolute Gasteiger partial charge is 0.234 e. The summed E-state index contributed by atoms with van der Waals surface area (Å²) in [5, 5.41) is 12.6. The number of hydrogen-bond acceptors (Lipinski definition) is 6. The molecule has 1 amide bonds. The van der Waals surface area contributed by atoms with Gasteiger partial charge in [0.15, 0.2) is 11.0 Å². The predicted octanol–water partition coefficient (Wildman–Crippen LogP) is 3.87. The van der Waals surface area contributed by atoms with E-state index in [1.807, 2.05) is 43.3 Å². The van der Waals surface area contributed by atoms with E-state index in [-0.39, 0.29) is 11.7 Å². The number of rotatable bonds is 8. The van der Waals surface area contributed by atoms with Crippen molar-refractivity contribution in [3.05, 3.63) is 54.4 Å². The number of aromatic nitrogens is 4. The van der Waals surface area contributed by atoms with E-state index in [9.17, 15) is 4.79 Å². The maximum atomic E-state index is 12.5. The van der Waals surface area contributed by atoms with Crippen LogP contribution in [0, 0.1) is 6.92 Å². The molecule has 1 saturated heterocycles. The number of carbonyl (C=O) groups is 1. The van der Waals surface area contributed by atoms with Crippen LogP contribution in [-0.4, -0.2) is 55.9 Å². The van der Waals surface area contributed by atoms with Crippen molar-refractivity contribution in [3.63, 3.8) is 0 Å². The highest BCUT2D eigenvalue weighted by Gasteiger charge is 2.17. The average molecular weight is 437 g/mol. The van der Waals surface area contributed by atoms with Crippen molar-refractivity contribution in [2.45, 2.75) is 37.9 Å². The number of likely N-dealkylation sites (tertiary alicyclic amines) is 1. The van der Waals surface area contributed by atoms with Gasteiger partial charge in [-0.05, 0) is 57.1 Å². The molecule has 0 unspecified atom stereocenters. The van der Waals surface area contributed by atoms with E-state index in [2.05, 4.69) is 30.0 Å². The molecule has 1 aliphatic rings. The van der Waals surface area contributed by atoms with Crippen LogP contribution < -0.4 is 5.32 Å². The molecule has 162 valence electrons. The molecule has 0 spiro atoms. The Labute approximate surface area is 187 Å². The lowest BCUT2D eigenvalue weighted by atomic mass is 10.1. The fourth-order valence-corrected chi connectivity index (χ4v) is 4.46. The molecule has 1 fully saturated rings. The van der Waals surface area contributed by atoms with Crippen molar-refractivity contribution >= 4 is 23.4 Å². The van der Waals surface area contributed by atoms with E-state index in [0.717, 1.165) is 54.0 Å². The summed E-state index contributed by atoms with van der Waals surface area (Å²) < 4.78 is 2.13. The monoisotopic (exact) mass is 436 g/mol. The fourth-order valence-electron chi connectivity index (χ4n) is 3.70. The highest BCUT2D eigenvalue weighted by molar-refractivity contribution is 7.99. The molecule has 0 bridgehead atoms. The molecule has 8 heteroatoms. The zero-order valence-corrected chi connectivity index (χ0v) is 18.6. The third-order valence-electron chi connectivity index (χ3n) is 5.41. The van der Waals surface area contributed by atoms with Crippen molar-refractivity contribution in [2.24, 2.45) is 0 Å². The second kappa shape index (κ2) is 10.5. The molecule has 0 atom stereocenters. The summed E-state index contributed by atoms with van der Waals surface area (Å²) in [6.45, 7) is 6.08. The van der Waals surface area contributed by atoms with Gasteiger partial charge in [-0.1, -0.05) is 35.9 Å². The lowest BCUT2D eigenvalue weighted by molar-refractivity contribution is -0.113. The zero-order chi connectivity index (χ0) is 21.5. The SMILES string of the molecule is Cc1ccc(NC(=O)CSc2nnc(-c3ccncc3)n2CCN2CCCCC2)cc1. The third-order valence-corrected chi connectivity index (χ3v) is 6.38. The Balaban J connectivity index is 1.44. The number of nitrogens with one attached hydrogen (secondary N) is 1. The number of pyridine rings is 1. The maximum Gasteiger partial charge on any atom is 0.234 e. The summed E-state index contributed by atoms with van der Waals surface area (Å²) in [5.74, 6) is 1.05. The van der Waals surface area contributed by atoms with Gasteiger partial charge in [-0.25, -0.2) is 0 Å². The number of carbonyl (C=O) groups excluding carboxylic acids is 1. The van der Waals surface area contributed by atoms with Crippen LogP contribution in [0.3, 0.4) is 0 Å². The Hall–Kier alpha value is -2.71. The summed E-state index contributed by atoms with van der Waals surface area (Å²) in [6.07, 6.45) is 7.38. The quantitative estimate of drug-likeness (QED) is 0.541. The Morgan fingerprint density at radius 1 is 1.00 bits per heavy atom. The first-order valence-corrected chi connectivity index (χ1v) is 11.7.